The first-order chi connectivity index (χ1) is 3.06. The first-order valence-corrected chi connectivity index (χ1v) is 3.17. The Morgan fingerprint density at radius 2 is 2.00 bits per heavy atom. The second kappa shape index (κ2) is 5.10. The van der Waals surface area contributed by atoms with Crippen LogP contribution in [0.15, 0.2) is 11.5 Å². The smallest absolute Gasteiger partial charge is 1.00 e. The van der Waals surface area contributed by atoms with Crippen molar-refractivity contribution in [2.75, 3.05) is 0 Å². The van der Waals surface area contributed by atoms with Crippen LogP contribution in [-0.2, 0) is 10.1 Å². The predicted molar refractivity (Wildman–Crippen MR) is 27.5 cm³/mol. The molecule has 0 fully saturated rings. The van der Waals surface area contributed by atoms with Gasteiger partial charge in [-0.15, -0.1) is 0 Å². The van der Waals surface area contributed by atoms with Gasteiger partial charge >= 0.3 is 51.4 Å². The van der Waals surface area contributed by atoms with E-state index in [9.17, 15) is 8.42 Å². The third kappa shape index (κ3) is 10.3. The van der Waals surface area contributed by atoms with Gasteiger partial charge in [0.2, 0.25) is 0 Å². The van der Waals surface area contributed by atoms with Crippen molar-refractivity contribution in [2.24, 2.45) is 0 Å². The largest absolute Gasteiger partial charge is 1.00 e. The maximum Gasteiger partial charge on any atom is 1.00 e. The molecule has 0 bridgehead atoms. The molecule has 0 unspecified atom stereocenters. The Bertz CT molecular complexity index is 162. The van der Waals surface area contributed by atoms with E-state index in [1.54, 1.807) is 0 Å². The molecule has 0 aliphatic heterocycles. The van der Waals surface area contributed by atoms with Gasteiger partial charge < -0.3 is 1.43 Å². The van der Waals surface area contributed by atoms with E-state index in [1.165, 1.54) is 13.0 Å². The molecular weight excluding hydrogens is 155 g/mol. The molecule has 0 spiro atoms. The van der Waals surface area contributed by atoms with E-state index < -0.39 is 10.1 Å². The molecule has 5 heteroatoms. The fraction of sp³-hybridized carbons (Fsp3) is 0.333. The minimum Gasteiger partial charge on any atom is -1.00 e. The second-order valence-corrected chi connectivity index (χ2v) is 2.29. The molecule has 0 aromatic carbocycles. The summed E-state index contributed by atoms with van der Waals surface area (Å²) in [5.41, 5.74) is 0. The minimum absolute atomic E-state index is 0. The molecule has 0 saturated heterocycles. The van der Waals surface area contributed by atoms with E-state index in [0.717, 1.165) is 0 Å². The average Bonchev–Trinajstić information content (AvgIpc) is 1.30. The van der Waals surface area contributed by atoms with Gasteiger partial charge in [-0.25, -0.2) is 0 Å². The third-order valence-electron chi connectivity index (χ3n) is 0.308. The standard InChI is InChI=1S/C3H6O3S.K.H/c1-2-3-7(4,5)6;;/h2-3H,1H3,(H,4,5,6);;/q;+1;-1. The molecule has 0 aromatic heterocycles. The Kier molecular flexibility index (Phi) is 7.66. The van der Waals surface area contributed by atoms with Crippen molar-refractivity contribution < 1.29 is 65.8 Å². The van der Waals surface area contributed by atoms with Crippen molar-refractivity contribution in [2.45, 2.75) is 6.92 Å². The van der Waals surface area contributed by atoms with Crippen LogP contribution in [0.25, 0.3) is 0 Å². The van der Waals surface area contributed by atoms with Gasteiger partial charge in [-0.3, -0.25) is 4.55 Å². The zero-order valence-electron chi connectivity index (χ0n) is 5.83. The summed E-state index contributed by atoms with van der Waals surface area (Å²) in [4.78, 5) is 0. The fourth-order valence-corrected chi connectivity index (χ4v) is 0.516. The molecule has 0 heterocycles. The van der Waals surface area contributed by atoms with Crippen LogP contribution >= 0.6 is 0 Å². The average molecular weight is 162 g/mol. The van der Waals surface area contributed by atoms with Gasteiger partial charge in [-0.05, 0) is 6.92 Å². The molecule has 0 aliphatic rings. The molecular formula is C3H7KO3S. The molecule has 0 aliphatic carbocycles. The van der Waals surface area contributed by atoms with E-state index in [2.05, 4.69) is 0 Å². The summed E-state index contributed by atoms with van der Waals surface area (Å²) in [5, 5.41) is 0.715. The van der Waals surface area contributed by atoms with Crippen LogP contribution in [-0.4, -0.2) is 13.0 Å². The summed E-state index contributed by atoms with van der Waals surface area (Å²) in [6, 6.07) is 0. The van der Waals surface area contributed by atoms with Crippen molar-refractivity contribution >= 4 is 10.1 Å². The first kappa shape index (κ1) is 12.0. The van der Waals surface area contributed by atoms with Gasteiger partial charge in [0, 0.05) is 0 Å². The van der Waals surface area contributed by atoms with E-state index in [0.29, 0.717) is 5.41 Å². The van der Waals surface area contributed by atoms with Crippen molar-refractivity contribution in [3.63, 3.8) is 0 Å². The minimum atomic E-state index is -3.85. The molecule has 0 amide bonds. The molecule has 0 atom stereocenters. The number of rotatable bonds is 1. The number of allylic oxidation sites excluding steroid dienone is 1. The van der Waals surface area contributed by atoms with Crippen molar-refractivity contribution in [3.05, 3.63) is 11.5 Å². The monoisotopic (exact) mass is 162 g/mol. The normalized spacial score (nSPS) is 11.2. The van der Waals surface area contributed by atoms with Crippen molar-refractivity contribution in [1.29, 1.82) is 0 Å². The molecule has 1 N–H and O–H groups in total. The summed E-state index contributed by atoms with van der Waals surface area (Å²) < 4.78 is 27.3. The van der Waals surface area contributed by atoms with Crippen LogP contribution < -0.4 is 51.4 Å². The Labute approximate surface area is 92.8 Å². The summed E-state index contributed by atoms with van der Waals surface area (Å²) in [7, 11) is -3.85. The zero-order valence-corrected chi connectivity index (χ0v) is 8.77. The molecule has 8 heavy (non-hydrogen) atoms. The van der Waals surface area contributed by atoms with Gasteiger partial charge in [-0.1, -0.05) is 6.08 Å². The molecule has 0 saturated carbocycles. The molecule has 44 valence electrons. The SMILES string of the molecule is CC=CS(=O)(=O)O.[H-].[K+]. The van der Waals surface area contributed by atoms with Crippen molar-refractivity contribution in [1.82, 2.24) is 0 Å². The van der Waals surface area contributed by atoms with Crippen LogP contribution in [0.4, 0.5) is 0 Å². The van der Waals surface area contributed by atoms with Crippen LogP contribution in [0.3, 0.4) is 0 Å². The maximum absolute atomic E-state index is 9.70. The van der Waals surface area contributed by atoms with Gasteiger partial charge in [0.15, 0.2) is 0 Å². The predicted octanol–water partition coefficient (Wildman–Crippen LogP) is -2.48. The van der Waals surface area contributed by atoms with E-state index in [1.807, 2.05) is 0 Å². The third-order valence-corrected chi connectivity index (χ3v) is 0.924. The van der Waals surface area contributed by atoms with Gasteiger partial charge in [-0.2, -0.15) is 8.42 Å². The first-order valence-electron chi connectivity index (χ1n) is 1.66. The topological polar surface area (TPSA) is 54.4 Å². The van der Waals surface area contributed by atoms with Crippen LogP contribution in [0.1, 0.15) is 8.35 Å². The summed E-state index contributed by atoms with van der Waals surface area (Å²) in [5.74, 6) is 0. The van der Waals surface area contributed by atoms with E-state index in [4.69, 9.17) is 4.55 Å². The molecule has 0 aromatic rings. The fourth-order valence-electron chi connectivity index (χ4n) is 0.172. The molecule has 0 rings (SSSR count). The van der Waals surface area contributed by atoms with Gasteiger partial charge in [0.25, 0.3) is 10.1 Å². The second-order valence-electron chi connectivity index (χ2n) is 0.984. The summed E-state index contributed by atoms with van der Waals surface area (Å²) in [6.07, 6.45) is 1.25. The van der Waals surface area contributed by atoms with Gasteiger partial charge in [0.05, 0.1) is 5.41 Å². The summed E-state index contributed by atoms with van der Waals surface area (Å²) >= 11 is 0. The van der Waals surface area contributed by atoms with Crippen LogP contribution in [0.2, 0.25) is 0 Å². The van der Waals surface area contributed by atoms with Gasteiger partial charge in [0.1, 0.15) is 0 Å². The Morgan fingerprint density at radius 3 is 2.00 bits per heavy atom. The number of hydrogen-bond acceptors (Lipinski definition) is 2. The Hall–Kier alpha value is 1.29. The maximum atomic E-state index is 9.70. The Balaban J connectivity index is -0.000000180. The number of hydrogen-bond donors (Lipinski definition) is 1. The van der Waals surface area contributed by atoms with E-state index >= 15 is 0 Å². The van der Waals surface area contributed by atoms with Crippen molar-refractivity contribution in [3.8, 4) is 0 Å². The van der Waals surface area contributed by atoms with Crippen LogP contribution in [0, 0.1) is 0 Å². The quantitative estimate of drug-likeness (QED) is 0.343. The molecule has 0 radical (unpaired) electrons. The Morgan fingerprint density at radius 1 is 1.62 bits per heavy atom. The zero-order chi connectivity index (χ0) is 5.91. The van der Waals surface area contributed by atoms with E-state index in [-0.39, 0.29) is 52.8 Å². The summed E-state index contributed by atoms with van der Waals surface area (Å²) in [6.45, 7) is 1.51. The molecule has 3 nitrogen and oxygen atoms in total. The van der Waals surface area contributed by atoms with Crippen LogP contribution in [0.5, 0.6) is 0 Å².